The molecule has 0 aromatic heterocycles. The van der Waals surface area contributed by atoms with Crippen LogP contribution < -0.4 is 0 Å². The molecule has 0 fully saturated rings. The zero-order valence-electron chi connectivity index (χ0n) is 52.6. The van der Waals surface area contributed by atoms with Gasteiger partial charge in [0.15, 0.2) is 6.10 Å². The van der Waals surface area contributed by atoms with Crippen LogP contribution in [0.15, 0.2) is 72.9 Å². The second-order valence-corrected chi connectivity index (χ2v) is 23.1. The first kappa shape index (κ1) is 75.8. The first-order valence-corrected chi connectivity index (χ1v) is 34.4. The SMILES string of the molecule is CC/C=C\C/C=C\C/C=C\C/C=C\CCCCCCCCCCCCCCCCC(=O)OCC(COC(=O)CCCCCCC/C=C\CCCCCCCC)OC(=O)CCCCCCCCCCC/C=C\CCCCCCCC. The molecule has 0 spiro atoms. The average molecular weight is 1100 g/mol. The number of hydrogen-bond donors (Lipinski definition) is 0. The Labute approximate surface area is 491 Å². The van der Waals surface area contributed by atoms with Gasteiger partial charge in [0.1, 0.15) is 13.2 Å². The minimum atomic E-state index is -0.780. The van der Waals surface area contributed by atoms with Crippen LogP contribution in [0.2, 0.25) is 0 Å². The Hall–Kier alpha value is -3.15. The predicted octanol–water partition coefficient (Wildman–Crippen LogP) is 23.7. The number of allylic oxidation sites excluding steroid dienone is 12. The molecule has 79 heavy (non-hydrogen) atoms. The molecular formula is C73H130O6. The van der Waals surface area contributed by atoms with Gasteiger partial charge in [0.25, 0.3) is 0 Å². The molecule has 0 saturated heterocycles. The van der Waals surface area contributed by atoms with Crippen molar-refractivity contribution in [1.82, 2.24) is 0 Å². The molecule has 6 heteroatoms. The van der Waals surface area contributed by atoms with Crippen LogP contribution >= 0.6 is 0 Å². The maximum Gasteiger partial charge on any atom is 0.306 e. The van der Waals surface area contributed by atoms with Gasteiger partial charge < -0.3 is 14.2 Å². The normalized spacial score (nSPS) is 12.5. The molecule has 0 rings (SSSR count). The number of esters is 3. The van der Waals surface area contributed by atoms with Gasteiger partial charge in [0.2, 0.25) is 0 Å². The van der Waals surface area contributed by atoms with E-state index in [1.807, 2.05) is 0 Å². The fraction of sp³-hybridized carbons (Fsp3) is 0.795. The second-order valence-electron chi connectivity index (χ2n) is 23.1. The lowest BCUT2D eigenvalue weighted by Gasteiger charge is -2.18. The van der Waals surface area contributed by atoms with Crippen molar-refractivity contribution < 1.29 is 28.6 Å². The van der Waals surface area contributed by atoms with E-state index in [1.165, 1.54) is 225 Å². The van der Waals surface area contributed by atoms with Gasteiger partial charge in [0, 0.05) is 19.3 Å². The molecule has 6 nitrogen and oxygen atoms in total. The highest BCUT2D eigenvalue weighted by Gasteiger charge is 2.19. The summed E-state index contributed by atoms with van der Waals surface area (Å²) in [4.78, 5) is 38.4. The summed E-state index contributed by atoms with van der Waals surface area (Å²) in [5, 5.41) is 0. The lowest BCUT2D eigenvalue weighted by atomic mass is 10.0. The van der Waals surface area contributed by atoms with Crippen LogP contribution in [0, 0.1) is 0 Å². The zero-order valence-corrected chi connectivity index (χ0v) is 52.6. The average Bonchev–Trinajstić information content (AvgIpc) is 3.45. The van der Waals surface area contributed by atoms with Crippen molar-refractivity contribution in [1.29, 1.82) is 0 Å². The molecule has 0 saturated carbocycles. The summed E-state index contributed by atoms with van der Waals surface area (Å²) in [5.74, 6) is -0.867. The molecule has 0 aliphatic heterocycles. The lowest BCUT2D eigenvalue weighted by Crippen LogP contribution is -2.30. The Balaban J connectivity index is 4.29. The maximum atomic E-state index is 12.9. The van der Waals surface area contributed by atoms with Gasteiger partial charge in [0.05, 0.1) is 0 Å². The van der Waals surface area contributed by atoms with Crippen LogP contribution in [-0.4, -0.2) is 37.2 Å². The van der Waals surface area contributed by atoms with Gasteiger partial charge >= 0.3 is 17.9 Å². The van der Waals surface area contributed by atoms with E-state index in [0.29, 0.717) is 19.3 Å². The molecule has 0 aromatic carbocycles. The fourth-order valence-corrected chi connectivity index (χ4v) is 10.0. The molecule has 0 bridgehead atoms. The maximum absolute atomic E-state index is 12.9. The smallest absolute Gasteiger partial charge is 0.306 e. The standard InChI is InChI=1S/C73H130O6/c1-4-7-10-13-16-19-22-25-28-30-32-33-34-35-36-37-38-39-41-42-45-48-51-54-57-60-63-66-72(75)78-69-70(68-77-71(74)65-62-59-56-53-50-47-44-27-24-21-18-15-12-9-6-3)79-73(76)67-64-61-58-55-52-49-46-43-40-31-29-26-23-20-17-14-11-8-5-2/h7,10,16,19,25-29,32-33,44,70H,4-6,8-9,11-15,17-18,20-24,30-31,34-43,45-69H2,1-3H3/b10-7-,19-16-,28-25-,29-26-,33-32-,44-27-. The third kappa shape index (κ3) is 65.5. The van der Waals surface area contributed by atoms with Crippen molar-refractivity contribution in [2.24, 2.45) is 0 Å². The molecular weight excluding hydrogens is 973 g/mol. The monoisotopic (exact) mass is 1100 g/mol. The Morgan fingerprint density at radius 2 is 0.494 bits per heavy atom. The number of carbonyl (C=O) groups is 3. The van der Waals surface area contributed by atoms with Gasteiger partial charge in [-0.05, 0) is 109 Å². The van der Waals surface area contributed by atoms with Crippen LogP contribution in [0.1, 0.15) is 355 Å². The summed E-state index contributed by atoms with van der Waals surface area (Å²) < 4.78 is 17.0. The quantitative estimate of drug-likeness (QED) is 0.0261. The molecule has 0 aliphatic rings. The highest BCUT2D eigenvalue weighted by Crippen LogP contribution is 2.17. The summed E-state index contributed by atoms with van der Waals surface area (Å²) in [7, 11) is 0. The van der Waals surface area contributed by atoms with E-state index >= 15 is 0 Å². The van der Waals surface area contributed by atoms with E-state index in [-0.39, 0.29) is 31.1 Å². The Kier molecular flexibility index (Phi) is 64.7. The first-order valence-electron chi connectivity index (χ1n) is 34.4. The van der Waals surface area contributed by atoms with E-state index in [1.54, 1.807) is 0 Å². The zero-order chi connectivity index (χ0) is 57.1. The lowest BCUT2D eigenvalue weighted by molar-refractivity contribution is -0.167. The fourth-order valence-electron chi connectivity index (χ4n) is 10.0. The molecule has 458 valence electrons. The van der Waals surface area contributed by atoms with Crippen molar-refractivity contribution in [3.63, 3.8) is 0 Å². The Bertz CT molecular complexity index is 1450. The van der Waals surface area contributed by atoms with Crippen molar-refractivity contribution in [2.75, 3.05) is 13.2 Å². The minimum absolute atomic E-state index is 0.0760. The summed E-state index contributed by atoms with van der Waals surface area (Å²) in [6.45, 7) is 6.56. The van der Waals surface area contributed by atoms with Gasteiger partial charge in [-0.25, -0.2) is 0 Å². The van der Waals surface area contributed by atoms with E-state index in [4.69, 9.17) is 14.2 Å². The van der Waals surface area contributed by atoms with Crippen LogP contribution in [0.5, 0.6) is 0 Å². The van der Waals surface area contributed by atoms with Gasteiger partial charge in [-0.3, -0.25) is 14.4 Å². The van der Waals surface area contributed by atoms with Crippen molar-refractivity contribution in [2.45, 2.75) is 361 Å². The van der Waals surface area contributed by atoms with E-state index in [2.05, 4.69) is 93.7 Å². The highest BCUT2D eigenvalue weighted by molar-refractivity contribution is 5.71. The number of unbranched alkanes of at least 4 members (excludes halogenated alkanes) is 40. The molecule has 0 amide bonds. The summed E-state index contributed by atoms with van der Waals surface area (Å²) in [5.41, 5.74) is 0. The topological polar surface area (TPSA) is 78.9 Å². The Morgan fingerprint density at radius 3 is 0.785 bits per heavy atom. The van der Waals surface area contributed by atoms with Crippen molar-refractivity contribution >= 4 is 17.9 Å². The molecule has 1 atom stereocenters. The van der Waals surface area contributed by atoms with Crippen molar-refractivity contribution in [3.05, 3.63) is 72.9 Å². The number of carbonyl (C=O) groups excluding carboxylic acids is 3. The van der Waals surface area contributed by atoms with Crippen molar-refractivity contribution in [3.8, 4) is 0 Å². The largest absolute Gasteiger partial charge is 0.462 e. The first-order chi connectivity index (χ1) is 39.0. The van der Waals surface area contributed by atoms with E-state index in [9.17, 15) is 14.4 Å². The minimum Gasteiger partial charge on any atom is -0.462 e. The molecule has 0 heterocycles. The number of rotatable bonds is 63. The van der Waals surface area contributed by atoms with Gasteiger partial charge in [-0.15, -0.1) is 0 Å². The number of ether oxygens (including phenoxy) is 3. The van der Waals surface area contributed by atoms with Gasteiger partial charge in [-0.2, -0.15) is 0 Å². The summed E-state index contributed by atoms with van der Waals surface area (Å²) in [6, 6.07) is 0. The third-order valence-electron chi connectivity index (χ3n) is 15.2. The van der Waals surface area contributed by atoms with Crippen LogP contribution in [-0.2, 0) is 28.6 Å². The third-order valence-corrected chi connectivity index (χ3v) is 15.2. The summed E-state index contributed by atoms with van der Waals surface area (Å²) in [6.07, 6.45) is 87.7. The Morgan fingerprint density at radius 1 is 0.266 bits per heavy atom. The number of hydrogen-bond acceptors (Lipinski definition) is 6. The van der Waals surface area contributed by atoms with Crippen LogP contribution in [0.4, 0.5) is 0 Å². The molecule has 0 aromatic rings. The predicted molar refractivity (Wildman–Crippen MR) is 344 cm³/mol. The van der Waals surface area contributed by atoms with E-state index < -0.39 is 6.10 Å². The van der Waals surface area contributed by atoms with Crippen LogP contribution in [0.3, 0.4) is 0 Å². The molecule has 0 radical (unpaired) electrons. The van der Waals surface area contributed by atoms with E-state index in [0.717, 1.165) is 89.9 Å². The highest BCUT2D eigenvalue weighted by atomic mass is 16.6. The van der Waals surface area contributed by atoms with Gasteiger partial charge in [-0.1, -0.05) is 299 Å². The summed E-state index contributed by atoms with van der Waals surface area (Å²) >= 11 is 0. The van der Waals surface area contributed by atoms with Crippen LogP contribution in [0.25, 0.3) is 0 Å². The molecule has 1 unspecified atom stereocenters. The molecule has 0 aliphatic carbocycles. The molecule has 0 N–H and O–H groups in total. The second kappa shape index (κ2) is 67.4.